The summed E-state index contributed by atoms with van der Waals surface area (Å²) in [6.45, 7) is 1.33. The predicted octanol–water partition coefficient (Wildman–Crippen LogP) is 4.30. The highest BCUT2D eigenvalue weighted by atomic mass is 35.5. The number of rotatable bonds is 5. The summed E-state index contributed by atoms with van der Waals surface area (Å²) in [5.41, 5.74) is 2.35. The molecule has 1 aromatic carbocycles. The van der Waals surface area contributed by atoms with E-state index in [4.69, 9.17) is 21.3 Å². The number of piperidine rings is 1. The van der Waals surface area contributed by atoms with Crippen LogP contribution in [0.15, 0.2) is 54.9 Å². The highest BCUT2D eigenvalue weighted by Crippen LogP contribution is 2.27. The fraction of sp³-hybridized carbons (Fsp3) is 0.273. The van der Waals surface area contributed by atoms with Crippen LogP contribution in [0.4, 0.5) is 11.6 Å². The molecule has 3 aromatic rings. The summed E-state index contributed by atoms with van der Waals surface area (Å²) in [5, 5.41) is 3.60. The van der Waals surface area contributed by atoms with Gasteiger partial charge in [0.2, 0.25) is 5.95 Å². The van der Waals surface area contributed by atoms with Gasteiger partial charge in [-0.2, -0.15) is 0 Å². The van der Waals surface area contributed by atoms with Crippen LogP contribution in [-0.4, -0.2) is 46.0 Å². The van der Waals surface area contributed by atoms with Crippen LogP contribution in [-0.2, 0) is 0 Å². The molecule has 1 aliphatic rings. The quantitative estimate of drug-likeness (QED) is 0.616. The lowest BCUT2D eigenvalue weighted by Crippen LogP contribution is -2.39. The maximum atomic E-state index is 12.8. The van der Waals surface area contributed by atoms with Crippen molar-refractivity contribution in [2.24, 2.45) is 0 Å². The molecule has 0 saturated carbocycles. The molecule has 0 radical (unpaired) electrons. The first-order chi connectivity index (χ1) is 14.6. The van der Waals surface area contributed by atoms with Crippen molar-refractivity contribution in [2.45, 2.75) is 18.8 Å². The molecule has 1 aliphatic heterocycles. The van der Waals surface area contributed by atoms with Gasteiger partial charge in [-0.15, -0.1) is 0 Å². The third kappa shape index (κ3) is 4.68. The van der Waals surface area contributed by atoms with Gasteiger partial charge in [0.15, 0.2) is 0 Å². The molecule has 154 valence electrons. The number of methoxy groups -OCH3 is 1. The minimum atomic E-state index is -0.0329. The number of likely N-dealkylation sites (tertiary alicyclic amines) is 1. The van der Waals surface area contributed by atoms with E-state index in [0.717, 1.165) is 36.5 Å². The van der Waals surface area contributed by atoms with Crippen LogP contribution in [0.1, 0.15) is 34.8 Å². The number of ether oxygens (including phenoxy) is 1. The van der Waals surface area contributed by atoms with E-state index in [1.165, 1.54) is 6.20 Å². The Balaban J connectivity index is 1.46. The third-order valence-corrected chi connectivity index (χ3v) is 5.35. The molecule has 0 aliphatic carbocycles. The monoisotopic (exact) mass is 423 g/mol. The molecule has 0 spiro atoms. The van der Waals surface area contributed by atoms with E-state index in [2.05, 4.69) is 15.3 Å². The Bertz CT molecular complexity index is 1010. The lowest BCUT2D eigenvalue weighted by Gasteiger charge is -2.32. The third-order valence-electron chi connectivity index (χ3n) is 5.12. The van der Waals surface area contributed by atoms with Crippen LogP contribution >= 0.6 is 11.6 Å². The minimum Gasteiger partial charge on any atom is -0.497 e. The Hall–Kier alpha value is -3.19. The molecule has 3 heterocycles. The maximum Gasteiger partial charge on any atom is 0.255 e. The normalized spacial score (nSPS) is 16.2. The fourth-order valence-corrected chi connectivity index (χ4v) is 3.66. The number of anilines is 2. The minimum absolute atomic E-state index is 0.0329. The van der Waals surface area contributed by atoms with Gasteiger partial charge in [-0.3, -0.25) is 4.79 Å². The Labute approximate surface area is 180 Å². The van der Waals surface area contributed by atoms with E-state index in [-0.39, 0.29) is 11.8 Å². The van der Waals surface area contributed by atoms with Gasteiger partial charge in [-0.1, -0.05) is 11.6 Å². The summed E-state index contributed by atoms with van der Waals surface area (Å²) in [6.07, 6.45) is 5.16. The summed E-state index contributed by atoms with van der Waals surface area (Å²) in [7, 11) is 1.64. The Morgan fingerprint density at radius 3 is 2.73 bits per heavy atom. The first-order valence-corrected chi connectivity index (χ1v) is 10.1. The van der Waals surface area contributed by atoms with Crippen LogP contribution in [0.3, 0.4) is 0 Å². The van der Waals surface area contributed by atoms with Gasteiger partial charge >= 0.3 is 0 Å². The number of carbonyl (C=O) groups is 1. The number of hydrogen-bond acceptors (Lipinski definition) is 6. The Kier molecular flexibility index (Phi) is 6.09. The fourth-order valence-electron chi connectivity index (χ4n) is 3.55. The SMILES string of the molecule is COc1ccc(Nc2nccc([C@H]3CCCN(C(=O)c4ccc(Cl)nc4)C3)n2)cc1. The number of halogens is 1. The summed E-state index contributed by atoms with van der Waals surface area (Å²) >= 11 is 5.83. The zero-order chi connectivity index (χ0) is 20.9. The van der Waals surface area contributed by atoms with Crippen molar-refractivity contribution in [3.63, 3.8) is 0 Å². The second kappa shape index (κ2) is 9.09. The van der Waals surface area contributed by atoms with Crippen molar-refractivity contribution in [1.29, 1.82) is 0 Å². The second-order valence-corrected chi connectivity index (χ2v) is 7.51. The number of nitrogens with zero attached hydrogens (tertiary/aromatic N) is 4. The highest BCUT2D eigenvalue weighted by molar-refractivity contribution is 6.29. The van der Waals surface area contributed by atoms with Gasteiger partial charge < -0.3 is 15.0 Å². The number of aromatic nitrogens is 3. The van der Waals surface area contributed by atoms with E-state index in [9.17, 15) is 4.79 Å². The molecule has 4 rings (SSSR count). The number of amides is 1. The van der Waals surface area contributed by atoms with Gasteiger partial charge in [-0.25, -0.2) is 15.0 Å². The highest BCUT2D eigenvalue weighted by Gasteiger charge is 2.26. The van der Waals surface area contributed by atoms with Crippen molar-refractivity contribution >= 4 is 29.1 Å². The maximum absolute atomic E-state index is 12.8. The standard InChI is InChI=1S/C22H22ClN5O2/c1-30-18-7-5-17(6-8-18)26-22-24-11-10-19(27-22)16-3-2-12-28(14-16)21(29)15-4-9-20(23)25-13-15/h4-11,13,16H,2-3,12,14H2,1H3,(H,24,26,27)/t16-/m0/s1. The number of hydrogen-bond donors (Lipinski definition) is 1. The van der Waals surface area contributed by atoms with Gasteiger partial charge in [0.1, 0.15) is 10.9 Å². The van der Waals surface area contributed by atoms with E-state index in [1.54, 1.807) is 25.4 Å². The van der Waals surface area contributed by atoms with Gasteiger partial charge in [0.25, 0.3) is 5.91 Å². The lowest BCUT2D eigenvalue weighted by molar-refractivity contribution is 0.0705. The van der Waals surface area contributed by atoms with E-state index >= 15 is 0 Å². The topological polar surface area (TPSA) is 80.2 Å². The molecule has 1 atom stereocenters. The van der Waals surface area contributed by atoms with Crippen molar-refractivity contribution in [1.82, 2.24) is 19.9 Å². The molecule has 8 heteroatoms. The average Bonchev–Trinajstić information content (AvgIpc) is 2.80. The lowest BCUT2D eigenvalue weighted by atomic mass is 9.94. The Morgan fingerprint density at radius 2 is 2.00 bits per heavy atom. The average molecular weight is 424 g/mol. The molecule has 1 amide bonds. The second-order valence-electron chi connectivity index (χ2n) is 7.12. The van der Waals surface area contributed by atoms with Crippen molar-refractivity contribution in [3.8, 4) is 5.75 Å². The van der Waals surface area contributed by atoms with Crippen LogP contribution in [0, 0.1) is 0 Å². The molecule has 0 bridgehead atoms. The number of benzene rings is 1. The summed E-state index contributed by atoms with van der Waals surface area (Å²) in [4.78, 5) is 27.7. The molecular weight excluding hydrogens is 402 g/mol. The van der Waals surface area contributed by atoms with Crippen molar-refractivity contribution < 1.29 is 9.53 Å². The first kappa shape index (κ1) is 20.1. The van der Waals surface area contributed by atoms with Crippen LogP contribution in [0.5, 0.6) is 5.75 Å². The van der Waals surface area contributed by atoms with Crippen LogP contribution in [0.25, 0.3) is 0 Å². The predicted molar refractivity (Wildman–Crippen MR) is 115 cm³/mol. The van der Waals surface area contributed by atoms with E-state index < -0.39 is 0 Å². The zero-order valence-electron chi connectivity index (χ0n) is 16.6. The molecule has 7 nitrogen and oxygen atoms in total. The first-order valence-electron chi connectivity index (χ1n) is 9.77. The zero-order valence-corrected chi connectivity index (χ0v) is 17.3. The molecular formula is C22H22ClN5O2. The molecule has 2 aromatic heterocycles. The van der Waals surface area contributed by atoms with Gasteiger partial charge in [-0.05, 0) is 55.3 Å². The summed E-state index contributed by atoms with van der Waals surface area (Å²) < 4.78 is 5.18. The molecule has 30 heavy (non-hydrogen) atoms. The summed E-state index contributed by atoms with van der Waals surface area (Å²) in [6, 6.07) is 12.8. The molecule has 1 fully saturated rings. The van der Waals surface area contributed by atoms with E-state index in [1.807, 2.05) is 35.2 Å². The van der Waals surface area contributed by atoms with Crippen molar-refractivity contribution in [2.75, 3.05) is 25.5 Å². The molecule has 1 N–H and O–H groups in total. The van der Waals surface area contributed by atoms with Crippen molar-refractivity contribution in [3.05, 3.63) is 71.3 Å². The number of carbonyl (C=O) groups excluding carboxylic acids is 1. The van der Waals surface area contributed by atoms with E-state index in [0.29, 0.717) is 23.2 Å². The largest absolute Gasteiger partial charge is 0.497 e. The number of pyridine rings is 1. The van der Waals surface area contributed by atoms with Crippen LogP contribution in [0.2, 0.25) is 5.15 Å². The van der Waals surface area contributed by atoms with Crippen LogP contribution < -0.4 is 10.1 Å². The Morgan fingerprint density at radius 1 is 1.17 bits per heavy atom. The number of nitrogens with one attached hydrogen (secondary N) is 1. The summed E-state index contributed by atoms with van der Waals surface area (Å²) in [5.74, 6) is 1.44. The molecule has 1 saturated heterocycles. The van der Waals surface area contributed by atoms with Gasteiger partial charge in [0, 0.05) is 37.1 Å². The van der Waals surface area contributed by atoms with Gasteiger partial charge in [0.05, 0.1) is 18.4 Å². The molecule has 0 unspecified atom stereocenters. The smallest absolute Gasteiger partial charge is 0.255 e.